The average Bonchev–Trinajstić information content (AvgIpc) is 3.66. The van der Waals surface area contributed by atoms with Gasteiger partial charge in [-0.2, -0.15) is 5.26 Å². The predicted molar refractivity (Wildman–Crippen MR) is 258 cm³/mol. The highest BCUT2D eigenvalue weighted by atomic mass is 35.5. The van der Waals surface area contributed by atoms with Crippen LogP contribution in [0.4, 0.5) is 0 Å². The van der Waals surface area contributed by atoms with Crippen LogP contribution in [0.2, 0.25) is 23.2 Å². The van der Waals surface area contributed by atoms with Crippen LogP contribution >= 0.6 is 20.1 Å². The van der Waals surface area contributed by atoms with Crippen LogP contribution in [-0.4, -0.2) is 79.2 Å². The molecule has 2 N–H and O–H groups in total. The summed E-state index contributed by atoms with van der Waals surface area (Å²) in [5.74, 6) is -0.472. The Morgan fingerprint density at radius 3 is 1.97 bits per heavy atom. The van der Waals surface area contributed by atoms with E-state index in [9.17, 15) is 19.7 Å². The summed E-state index contributed by atoms with van der Waals surface area (Å²) in [5.41, 5.74) is 0.0784. The van der Waals surface area contributed by atoms with Gasteiger partial charge in [-0.1, -0.05) is 87.0 Å². The smallest absolute Gasteiger partial charge is 0.331 e. The van der Waals surface area contributed by atoms with Crippen LogP contribution in [0.15, 0.2) is 107 Å². The highest BCUT2D eigenvalue weighted by Gasteiger charge is 2.53. The SMILES string of the molecule is COc1ccc(C(OC[C@@H](C#N)C(OP(O)N(C(C)C)C(C)C)[C@@H]2CO[C@@H](n3c(=O)[nH]c(=O)c4cc(Cl)ccc43)[C@@H]2O[Si](C)(C)C(C)(C)C)(c2ccccc2)c2ccc(OC)cc2)cc1. The number of rotatable bonds is 18. The average molecular weight is 946 g/mol. The van der Waals surface area contributed by atoms with Gasteiger partial charge >= 0.3 is 5.69 Å². The van der Waals surface area contributed by atoms with Crippen LogP contribution in [-0.2, 0) is 24.0 Å². The van der Waals surface area contributed by atoms with Crippen molar-refractivity contribution in [3.63, 3.8) is 0 Å². The Balaban J connectivity index is 1.54. The number of aromatic nitrogens is 2. The van der Waals surface area contributed by atoms with Crippen LogP contribution in [0.25, 0.3) is 10.9 Å². The summed E-state index contributed by atoms with van der Waals surface area (Å²) in [4.78, 5) is 41.8. The molecule has 0 radical (unpaired) electrons. The Labute approximate surface area is 389 Å². The minimum Gasteiger partial charge on any atom is -0.497 e. The van der Waals surface area contributed by atoms with Gasteiger partial charge in [0.1, 0.15) is 17.1 Å². The van der Waals surface area contributed by atoms with E-state index >= 15 is 0 Å². The molecule has 348 valence electrons. The Morgan fingerprint density at radius 2 is 1.46 bits per heavy atom. The van der Waals surface area contributed by atoms with Crippen molar-refractivity contribution in [2.24, 2.45) is 11.8 Å². The van der Waals surface area contributed by atoms with Crippen LogP contribution in [0.1, 0.15) is 71.4 Å². The van der Waals surface area contributed by atoms with Crippen molar-refractivity contribution in [1.29, 1.82) is 5.26 Å². The fourth-order valence-corrected chi connectivity index (χ4v) is 11.3. The molecule has 16 heteroatoms. The lowest BCUT2D eigenvalue weighted by molar-refractivity contribution is -0.0447. The summed E-state index contributed by atoms with van der Waals surface area (Å²) < 4.78 is 42.5. The molecule has 1 fully saturated rings. The van der Waals surface area contributed by atoms with E-state index in [1.165, 1.54) is 10.6 Å². The predicted octanol–water partition coefficient (Wildman–Crippen LogP) is 9.77. The Hall–Kier alpha value is -4.39. The zero-order chi connectivity index (χ0) is 47.4. The monoisotopic (exact) mass is 944 g/mol. The van der Waals surface area contributed by atoms with Crippen LogP contribution < -0.4 is 20.7 Å². The second-order valence-electron chi connectivity index (χ2n) is 18.5. The first-order chi connectivity index (χ1) is 30.8. The highest BCUT2D eigenvalue weighted by Crippen LogP contribution is 2.50. The minimum atomic E-state index is -2.72. The van der Waals surface area contributed by atoms with Crippen LogP contribution in [0.3, 0.4) is 0 Å². The molecule has 65 heavy (non-hydrogen) atoms. The molecule has 0 amide bonds. The Kier molecular flexibility index (Phi) is 15.9. The van der Waals surface area contributed by atoms with E-state index < -0.39 is 64.0 Å². The lowest BCUT2D eigenvalue weighted by atomic mass is 9.79. The van der Waals surface area contributed by atoms with E-state index in [4.69, 9.17) is 39.5 Å². The molecular formula is C49H62ClN4O9PSi. The van der Waals surface area contributed by atoms with Crippen LogP contribution in [0.5, 0.6) is 11.5 Å². The molecule has 1 aliphatic rings. The van der Waals surface area contributed by atoms with Gasteiger partial charge in [-0.25, -0.2) is 9.46 Å². The molecule has 2 heterocycles. The van der Waals surface area contributed by atoms with Crippen molar-refractivity contribution >= 4 is 39.3 Å². The summed E-state index contributed by atoms with van der Waals surface area (Å²) in [6, 6.07) is 32.1. The molecular weight excluding hydrogens is 883 g/mol. The van der Waals surface area contributed by atoms with E-state index in [2.05, 4.69) is 44.9 Å². The number of nitrogens with one attached hydrogen (secondary N) is 1. The second kappa shape index (κ2) is 20.6. The number of hydrogen-bond acceptors (Lipinski definition) is 11. The summed E-state index contributed by atoms with van der Waals surface area (Å²) in [5, 5.41) is 11.7. The van der Waals surface area contributed by atoms with Crippen molar-refractivity contribution < 1.29 is 32.8 Å². The van der Waals surface area contributed by atoms with E-state index in [1.54, 1.807) is 26.4 Å². The van der Waals surface area contributed by atoms with E-state index in [-0.39, 0.29) is 35.7 Å². The van der Waals surface area contributed by atoms with Crippen molar-refractivity contribution in [1.82, 2.24) is 14.2 Å². The third kappa shape index (κ3) is 10.4. The largest absolute Gasteiger partial charge is 0.497 e. The molecule has 1 saturated heterocycles. The third-order valence-corrected chi connectivity index (χ3v) is 19.1. The topological polar surface area (TPSA) is 157 Å². The number of ether oxygens (including phenoxy) is 4. The maximum atomic E-state index is 14.0. The van der Waals surface area contributed by atoms with Crippen molar-refractivity contribution in [2.75, 3.05) is 27.4 Å². The molecule has 5 aromatic rings. The maximum absolute atomic E-state index is 14.0. The van der Waals surface area contributed by atoms with Gasteiger partial charge in [0.25, 0.3) is 14.1 Å². The minimum absolute atomic E-state index is 0.0270. The Bertz CT molecular complexity index is 2490. The third-order valence-electron chi connectivity index (χ3n) is 12.7. The second-order valence-corrected chi connectivity index (χ2v) is 24.8. The summed E-state index contributed by atoms with van der Waals surface area (Å²) >= 11 is 6.36. The number of hydrogen-bond donors (Lipinski definition) is 2. The molecule has 0 aliphatic carbocycles. The lowest BCUT2D eigenvalue weighted by Gasteiger charge is -2.43. The standard InChI is InChI=1S/C49H62ClN4O9PSi/c1-31(2)54(32(3)4)64(57)62-43(41-30-60-46(44(41)63-65(10,11)48(5,6)7)53-42-26-21-37(50)27-40(42)45(55)52-47(53)56)33(28-51)29-61-49(34-15-13-12-14-16-34,35-17-22-38(58-8)23-18-35)36-19-24-39(59-9)25-20-36/h12-27,31-33,41,43-44,46,57H,29-30H2,1-11H3,(H,52,55,56)/t33-,41+,43?,44-,46-,64?/m1/s1. The van der Waals surface area contributed by atoms with Gasteiger partial charge in [0.05, 0.1) is 62.5 Å². The van der Waals surface area contributed by atoms with Crippen molar-refractivity contribution in [2.45, 2.75) is 103 Å². The molecule has 4 aromatic carbocycles. The van der Waals surface area contributed by atoms with Gasteiger partial charge in [0.2, 0.25) is 0 Å². The van der Waals surface area contributed by atoms with E-state index in [0.29, 0.717) is 22.0 Å². The zero-order valence-corrected chi connectivity index (χ0v) is 41.7. The zero-order valence-electron chi connectivity index (χ0n) is 39.1. The number of halogens is 1. The van der Waals surface area contributed by atoms with Gasteiger partial charge in [-0.05, 0) is 105 Å². The fraction of sp³-hybridized carbons (Fsp3) is 0.449. The molecule has 2 unspecified atom stereocenters. The molecule has 0 bridgehead atoms. The number of H-pyrrole nitrogens is 1. The first-order valence-corrected chi connectivity index (χ1v) is 26.3. The Morgan fingerprint density at radius 1 is 0.908 bits per heavy atom. The number of nitriles is 1. The van der Waals surface area contributed by atoms with Crippen molar-refractivity contribution in [3.8, 4) is 17.6 Å². The molecule has 0 saturated carbocycles. The maximum Gasteiger partial charge on any atom is 0.331 e. The van der Waals surface area contributed by atoms with Crippen LogP contribution in [0, 0.1) is 23.2 Å². The summed E-state index contributed by atoms with van der Waals surface area (Å²) in [6.07, 6.45) is -3.06. The normalized spacial score (nSPS) is 18.5. The molecule has 1 aliphatic heterocycles. The highest BCUT2D eigenvalue weighted by molar-refractivity contribution is 7.43. The first-order valence-electron chi connectivity index (χ1n) is 21.8. The van der Waals surface area contributed by atoms with Gasteiger partial charge in [0.15, 0.2) is 14.5 Å². The summed E-state index contributed by atoms with van der Waals surface area (Å²) in [7, 11) is -1.82. The van der Waals surface area contributed by atoms with E-state index in [0.717, 1.165) is 16.7 Å². The molecule has 6 rings (SSSR count). The van der Waals surface area contributed by atoms with Crippen molar-refractivity contribution in [3.05, 3.63) is 140 Å². The first kappa shape index (κ1) is 50.0. The number of aromatic amines is 1. The number of methoxy groups -OCH3 is 2. The fourth-order valence-electron chi connectivity index (χ4n) is 8.36. The number of nitrogens with zero attached hydrogens (tertiary/aromatic N) is 3. The molecule has 13 nitrogen and oxygen atoms in total. The quantitative estimate of drug-likeness (QED) is 0.0490. The van der Waals surface area contributed by atoms with Gasteiger partial charge in [0, 0.05) is 23.0 Å². The van der Waals surface area contributed by atoms with E-state index in [1.807, 2.05) is 111 Å². The molecule has 6 atom stereocenters. The lowest BCUT2D eigenvalue weighted by Crippen LogP contribution is -2.51. The van der Waals surface area contributed by atoms with Gasteiger partial charge < -0.3 is 32.8 Å². The molecule has 0 spiro atoms. The number of benzene rings is 4. The molecule has 1 aromatic heterocycles. The van der Waals surface area contributed by atoms with Gasteiger partial charge in [-0.3, -0.25) is 14.3 Å². The summed E-state index contributed by atoms with van der Waals surface area (Å²) in [6.45, 7) is 18.2. The number of fused-ring (bicyclic) bond motifs is 1. The van der Waals surface area contributed by atoms with Gasteiger partial charge in [-0.15, -0.1) is 0 Å².